The highest BCUT2D eigenvalue weighted by Crippen LogP contribution is 2.41. The Balaban J connectivity index is 2.30. The number of rotatable bonds is 7. The first-order valence-corrected chi connectivity index (χ1v) is 7.53. The standard InChI is InChI=1S/C15H23ClN2O3/c1-4-18(10(2)8-19-3)13(7-17)11-5-12(16)15-14(6-11)20-9-21-15/h5-6,10,13H,4,7-9,17H2,1-3H3. The minimum absolute atomic E-state index is 0.0622. The molecule has 0 saturated carbocycles. The lowest BCUT2D eigenvalue weighted by atomic mass is 10.0. The summed E-state index contributed by atoms with van der Waals surface area (Å²) in [6.07, 6.45) is 0. The molecule has 1 aliphatic rings. The molecule has 6 heteroatoms. The molecule has 1 heterocycles. The summed E-state index contributed by atoms with van der Waals surface area (Å²) in [4.78, 5) is 2.30. The summed E-state index contributed by atoms with van der Waals surface area (Å²) < 4.78 is 16.1. The monoisotopic (exact) mass is 314 g/mol. The third-order valence-electron chi connectivity index (χ3n) is 3.80. The number of fused-ring (bicyclic) bond motifs is 1. The highest BCUT2D eigenvalue weighted by Gasteiger charge is 2.26. The zero-order chi connectivity index (χ0) is 15.4. The van der Waals surface area contributed by atoms with Crippen LogP contribution in [0.4, 0.5) is 0 Å². The number of nitrogens with two attached hydrogens (primary N) is 1. The highest BCUT2D eigenvalue weighted by atomic mass is 35.5. The Kier molecular flexibility index (Phi) is 5.70. The van der Waals surface area contributed by atoms with E-state index in [0.29, 0.717) is 29.7 Å². The lowest BCUT2D eigenvalue weighted by molar-refractivity contribution is 0.0751. The molecule has 21 heavy (non-hydrogen) atoms. The number of nitrogens with zero attached hydrogens (tertiary/aromatic N) is 1. The fourth-order valence-electron chi connectivity index (χ4n) is 2.82. The first-order chi connectivity index (χ1) is 10.1. The quantitative estimate of drug-likeness (QED) is 0.837. The van der Waals surface area contributed by atoms with Gasteiger partial charge in [0.15, 0.2) is 11.5 Å². The summed E-state index contributed by atoms with van der Waals surface area (Å²) >= 11 is 6.28. The van der Waals surface area contributed by atoms with Gasteiger partial charge in [-0.2, -0.15) is 0 Å². The maximum atomic E-state index is 6.28. The molecule has 1 aromatic rings. The number of ether oxygens (including phenoxy) is 3. The number of methoxy groups -OCH3 is 1. The molecule has 0 fully saturated rings. The van der Waals surface area contributed by atoms with E-state index in [9.17, 15) is 0 Å². The molecule has 0 spiro atoms. The van der Waals surface area contributed by atoms with Crippen molar-refractivity contribution in [2.75, 3.05) is 33.6 Å². The van der Waals surface area contributed by atoms with E-state index in [0.717, 1.165) is 12.1 Å². The highest BCUT2D eigenvalue weighted by molar-refractivity contribution is 6.32. The summed E-state index contributed by atoms with van der Waals surface area (Å²) in [6.45, 7) is 6.48. The zero-order valence-corrected chi connectivity index (χ0v) is 13.5. The van der Waals surface area contributed by atoms with Crippen LogP contribution in [0.3, 0.4) is 0 Å². The summed E-state index contributed by atoms with van der Waals surface area (Å²) in [6, 6.07) is 4.20. The van der Waals surface area contributed by atoms with Crippen LogP contribution in [0.15, 0.2) is 12.1 Å². The van der Waals surface area contributed by atoms with Crippen LogP contribution in [0.2, 0.25) is 5.02 Å². The van der Waals surface area contributed by atoms with Crippen molar-refractivity contribution in [3.05, 3.63) is 22.7 Å². The Morgan fingerprint density at radius 2 is 2.19 bits per heavy atom. The number of halogens is 1. The molecule has 118 valence electrons. The van der Waals surface area contributed by atoms with Crippen molar-refractivity contribution in [3.8, 4) is 11.5 Å². The predicted molar refractivity (Wildman–Crippen MR) is 83.1 cm³/mol. The maximum Gasteiger partial charge on any atom is 0.231 e. The van der Waals surface area contributed by atoms with E-state index in [4.69, 9.17) is 31.5 Å². The molecule has 0 amide bonds. The van der Waals surface area contributed by atoms with Crippen molar-refractivity contribution in [3.63, 3.8) is 0 Å². The second-order valence-corrected chi connectivity index (χ2v) is 5.53. The van der Waals surface area contributed by atoms with Crippen LogP contribution in [0.25, 0.3) is 0 Å². The Morgan fingerprint density at radius 3 is 2.81 bits per heavy atom. The average Bonchev–Trinajstić information content (AvgIpc) is 2.93. The van der Waals surface area contributed by atoms with Gasteiger partial charge in [0.1, 0.15) is 0 Å². The molecule has 0 aliphatic carbocycles. The van der Waals surface area contributed by atoms with Crippen molar-refractivity contribution < 1.29 is 14.2 Å². The van der Waals surface area contributed by atoms with E-state index in [2.05, 4.69) is 18.7 Å². The van der Waals surface area contributed by atoms with E-state index < -0.39 is 0 Å². The van der Waals surface area contributed by atoms with Crippen molar-refractivity contribution in [1.82, 2.24) is 4.90 Å². The molecule has 2 unspecified atom stereocenters. The van der Waals surface area contributed by atoms with E-state index in [1.165, 1.54) is 0 Å². The SMILES string of the molecule is CCN(C(C)COC)C(CN)c1cc(Cl)c2c(c1)OCO2. The van der Waals surface area contributed by atoms with Gasteiger partial charge in [-0.1, -0.05) is 18.5 Å². The topological polar surface area (TPSA) is 57.0 Å². The fourth-order valence-corrected chi connectivity index (χ4v) is 3.09. The summed E-state index contributed by atoms with van der Waals surface area (Å²) in [7, 11) is 1.71. The van der Waals surface area contributed by atoms with Gasteiger partial charge in [0, 0.05) is 25.7 Å². The second-order valence-electron chi connectivity index (χ2n) is 5.12. The van der Waals surface area contributed by atoms with Gasteiger partial charge in [-0.05, 0) is 31.2 Å². The van der Waals surface area contributed by atoms with Crippen LogP contribution < -0.4 is 15.2 Å². The Morgan fingerprint density at radius 1 is 1.43 bits per heavy atom. The van der Waals surface area contributed by atoms with Crippen LogP contribution in [-0.2, 0) is 4.74 Å². The normalized spacial score (nSPS) is 16.3. The van der Waals surface area contributed by atoms with Crippen LogP contribution in [0, 0.1) is 0 Å². The molecule has 2 atom stereocenters. The molecule has 0 aromatic heterocycles. The molecule has 1 aliphatic heterocycles. The predicted octanol–water partition coefficient (Wildman–Crippen LogP) is 2.43. The summed E-state index contributed by atoms with van der Waals surface area (Å²) in [5.74, 6) is 1.30. The van der Waals surface area contributed by atoms with Crippen LogP contribution >= 0.6 is 11.6 Å². The van der Waals surface area contributed by atoms with Crippen LogP contribution in [-0.4, -0.2) is 44.5 Å². The Hall–Kier alpha value is -1.01. The third-order valence-corrected chi connectivity index (χ3v) is 4.08. The molecule has 1 aromatic carbocycles. The summed E-state index contributed by atoms with van der Waals surface area (Å²) in [5.41, 5.74) is 7.05. The summed E-state index contributed by atoms with van der Waals surface area (Å²) in [5, 5.41) is 0.564. The largest absolute Gasteiger partial charge is 0.454 e. The van der Waals surface area contributed by atoms with Gasteiger partial charge in [0.05, 0.1) is 11.6 Å². The molecule has 5 nitrogen and oxygen atoms in total. The molecule has 0 radical (unpaired) electrons. The first-order valence-electron chi connectivity index (χ1n) is 7.16. The van der Waals surface area contributed by atoms with Crippen molar-refractivity contribution in [1.29, 1.82) is 0 Å². The van der Waals surface area contributed by atoms with E-state index in [1.807, 2.05) is 12.1 Å². The molecule has 0 bridgehead atoms. The lowest BCUT2D eigenvalue weighted by Crippen LogP contribution is -2.42. The Labute approximate surface area is 130 Å². The van der Waals surface area contributed by atoms with E-state index >= 15 is 0 Å². The first kappa shape index (κ1) is 16.4. The van der Waals surface area contributed by atoms with Gasteiger partial charge < -0.3 is 19.9 Å². The van der Waals surface area contributed by atoms with Gasteiger partial charge in [0.2, 0.25) is 6.79 Å². The second kappa shape index (κ2) is 7.31. The van der Waals surface area contributed by atoms with E-state index in [-0.39, 0.29) is 18.9 Å². The smallest absolute Gasteiger partial charge is 0.231 e. The molecular formula is C15H23ClN2O3. The van der Waals surface area contributed by atoms with Gasteiger partial charge in [-0.3, -0.25) is 4.90 Å². The van der Waals surface area contributed by atoms with Crippen molar-refractivity contribution in [2.24, 2.45) is 5.73 Å². The lowest BCUT2D eigenvalue weighted by Gasteiger charge is -2.35. The molecular weight excluding hydrogens is 292 g/mol. The van der Waals surface area contributed by atoms with Crippen LogP contribution in [0.5, 0.6) is 11.5 Å². The van der Waals surface area contributed by atoms with Crippen molar-refractivity contribution in [2.45, 2.75) is 25.9 Å². The fraction of sp³-hybridized carbons (Fsp3) is 0.600. The number of likely N-dealkylation sites (N-methyl/N-ethyl adjacent to an activating group) is 1. The number of hydrogen-bond donors (Lipinski definition) is 1. The third kappa shape index (κ3) is 3.43. The van der Waals surface area contributed by atoms with Gasteiger partial charge >= 0.3 is 0 Å². The zero-order valence-electron chi connectivity index (χ0n) is 12.8. The number of hydrogen-bond acceptors (Lipinski definition) is 5. The minimum atomic E-state index is 0.0622. The van der Waals surface area contributed by atoms with Crippen molar-refractivity contribution >= 4 is 11.6 Å². The maximum absolute atomic E-state index is 6.28. The van der Waals surface area contributed by atoms with E-state index in [1.54, 1.807) is 7.11 Å². The van der Waals surface area contributed by atoms with Gasteiger partial charge in [0.25, 0.3) is 0 Å². The van der Waals surface area contributed by atoms with Crippen LogP contribution in [0.1, 0.15) is 25.5 Å². The average molecular weight is 315 g/mol. The van der Waals surface area contributed by atoms with Gasteiger partial charge in [-0.25, -0.2) is 0 Å². The number of benzene rings is 1. The van der Waals surface area contributed by atoms with Gasteiger partial charge in [-0.15, -0.1) is 0 Å². The molecule has 2 N–H and O–H groups in total. The Bertz CT molecular complexity index is 484. The minimum Gasteiger partial charge on any atom is -0.454 e. The molecule has 0 saturated heterocycles. The molecule has 2 rings (SSSR count).